The van der Waals surface area contributed by atoms with Gasteiger partial charge in [0.1, 0.15) is 0 Å². The number of hydrogen-bond acceptors (Lipinski definition) is 2. The molecule has 0 rings (SSSR count). The molecule has 0 aromatic rings. The van der Waals surface area contributed by atoms with E-state index in [1.165, 1.54) is 0 Å². The third kappa shape index (κ3) is 3.96. The molecule has 0 spiro atoms. The molecule has 4 N–H and O–H groups in total. The largest absolute Gasteiger partial charge is 0.370 e. The SMILES string of the molecule is C=C(CCC(N)=O)C(=C)C(=C)C(=C)C(N)=O. The van der Waals surface area contributed by atoms with Gasteiger partial charge in [0.25, 0.3) is 0 Å². The molecule has 0 fully saturated rings. The Morgan fingerprint density at radius 1 is 0.812 bits per heavy atom. The summed E-state index contributed by atoms with van der Waals surface area (Å²) in [5, 5.41) is 0. The number of hydrogen-bond donors (Lipinski definition) is 2. The quantitative estimate of drug-likeness (QED) is 0.494. The van der Waals surface area contributed by atoms with Crippen molar-refractivity contribution in [1.29, 1.82) is 0 Å². The van der Waals surface area contributed by atoms with Gasteiger partial charge in [-0.25, -0.2) is 0 Å². The van der Waals surface area contributed by atoms with Gasteiger partial charge in [0, 0.05) is 12.0 Å². The van der Waals surface area contributed by atoms with E-state index in [1.807, 2.05) is 0 Å². The van der Waals surface area contributed by atoms with Crippen LogP contribution in [-0.4, -0.2) is 11.8 Å². The lowest BCUT2D eigenvalue weighted by atomic mass is 9.93. The number of allylic oxidation sites excluding steroid dienone is 2. The van der Waals surface area contributed by atoms with Gasteiger partial charge in [-0.1, -0.05) is 26.3 Å². The highest BCUT2D eigenvalue weighted by molar-refractivity contribution is 5.97. The number of rotatable bonds is 7. The fourth-order valence-corrected chi connectivity index (χ4v) is 0.969. The summed E-state index contributed by atoms with van der Waals surface area (Å²) >= 11 is 0. The van der Waals surface area contributed by atoms with Gasteiger partial charge in [-0.3, -0.25) is 9.59 Å². The topological polar surface area (TPSA) is 86.2 Å². The third-order valence-electron chi connectivity index (χ3n) is 2.13. The highest BCUT2D eigenvalue weighted by Crippen LogP contribution is 2.23. The van der Waals surface area contributed by atoms with Crippen LogP contribution < -0.4 is 11.5 Å². The number of primary amides is 2. The van der Waals surface area contributed by atoms with Gasteiger partial charge in [-0.2, -0.15) is 0 Å². The van der Waals surface area contributed by atoms with Gasteiger partial charge in [0.05, 0.1) is 0 Å². The lowest BCUT2D eigenvalue weighted by molar-refractivity contribution is -0.118. The molecule has 16 heavy (non-hydrogen) atoms. The minimum atomic E-state index is -0.658. The second-order valence-corrected chi connectivity index (χ2v) is 3.37. The maximum atomic E-state index is 10.9. The molecule has 0 bridgehead atoms. The highest BCUT2D eigenvalue weighted by atomic mass is 16.1. The predicted molar refractivity (Wildman–Crippen MR) is 64.2 cm³/mol. The van der Waals surface area contributed by atoms with Crippen molar-refractivity contribution in [2.24, 2.45) is 11.5 Å². The molecule has 0 saturated heterocycles. The van der Waals surface area contributed by atoms with Crippen molar-refractivity contribution in [2.45, 2.75) is 12.8 Å². The molecule has 0 aliphatic heterocycles. The minimum absolute atomic E-state index is 0.0882. The zero-order valence-corrected chi connectivity index (χ0v) is 9.21. The van der Waals surface area contributed by atoms with Crippen LogP contribution in [0.3, 0.4) is 0 Å². The second-order valence-electron chi connectivity index (χ2n) is 3.37. The van der Waals surface area contributed by atoms with Gasteiger partial charge in [0.2, 0.25) is 11.8 Å². The molecule has 0 aliphatic rings. The molecule has 0 unspecified atom stereocenters. The number of amides is 2. The van der Waals surface area contributed by atoms with E-state index in [4.69, 9.17) is 11.5 Å². The van der Waals surface area contributed by atoms with E-state index in [0.29, 0.717) is 23.1 Å². The molecule has 2 amide bonds. The van der Waals surface area contributed by atoms with Gasteiger partial charge in [-0.05, 0) is 23.1 Å². The zero-order chi connectivity index (χ0) is 12.9. The smallest absolute Gasteiger partial charge is 0.248 e. The van der Waals surface area contributed by atoms with E-state index in [-0.39, 0.29) is 12.0 Å². The summed E-state index contributed by atoms with van der Waals surface area (Å²) in [6.45, 7) is 14.6. The predicted octanol–water partition coefficient (Wildman–Crippen LogP) is 0.962. The summed E-state index contributed by atoms with van der Waals surface area (Å²) in [5.74, 6) is -1.08. The van der Waals surface area contributed by atoms with Crippen LogP contribution in [0.25, 0.3) is 0 Å². The summed E-state index contributed by atoms with van der Waals surface area (Å²) in [4.78, 5) is 21.4. The Morgan fingerprint density at radius 3 is 1.69 bits per heavy atom. The van der Waals surface area contributed by atoms with Crippen molar-refractivity contribution >= 4 is 11.8 Å². The maximum absolute atomic E-state index is 10.9. The van der Waals surface area contributed by atoms with Crippen LogP contribution >= 0.6 is 0 Å². The molecule has 86 valence electrons. The average molecular weight is 220 g/mol. The van der Waals surface area contributed by atoms with Crippen molar-refractivity contribution in [3.05, 3.63) is 48.6 Å². The first-order chi connectivity index (χ1) is 7.27. The molecule has 0 saturated carbocycles. The van der Waals surface area contributed by atoms with E-state index in [1.54, 1.807) is 0 Å². The van der Waals surface area contributed by atoms with Crippen LogP contribution in [0.1, 0.15) is 12.8 Å². The lowest BCUT2D eigenvalue weighted by Gasteiger charge is -2.11. The molecule has 0 atom stereocenters. The Morgan fingerprint density at radius 2 is 1.31 bits per heavy atom. The molecule has 4 nitrogen and oxygen atoms in total. The Balaban J connectivity index is 4.51. The Labute approximate surface area is 95.0 Å². The molecule has 4 heteroatoms. The Hall–Kier alpha value is -2.10. The third-order valence-corrected chi connectivity index (χ3v) is 2.13. The first kappa shape index (κ1) is 13.9. The average Bonchev–Trinajstić information content (AvgIpc) is 2.22. The maximum Gasteiger partial charge on any atom is 0.248 e. The van der Waals surface area contributed by atoms with Crippen molar-refractivity contribution in [1.82, 2.24) is 0 Å². The monoisotopic (exact) mass is 220 g/mol. The van der Waals surface area contributed by atoms with Crippen LogP contribution in [0.5, 0.6) is 0 Å². The molecule has 0 aliphatic carbocycles. The van der Waals surface area contributed by atoms with E-state index in [2.05, 4.69) is 26.3 Å². The van der Waals surface area contributed by atoms with Gasteiger partial charge < -0.3 is 11.5 Å². The van der Waals surface area contributed by atoms with Crippen LogP contribution in [0.2, 0.25) is 0 Å². The van der Waals surface area contributed by atoms with Crippen molar-refractivity contribution in [3.8, 4) is 0 Å². The normalized spacial score (nSPS) is 9.25. The summed E-state index contributed by atoms with van der Waals surface area (Å²) in [6.07, 6.45) is 0.549. The van der Waals surface area contributed by atoms with E-state index >= 15 is 0 Å². The first-order valence-corrected chi connectivity index (χ1v) is 4.61. The Kier molecular flexibility index (Phi) is 4.95. The van der Waals surface area contributed by atoms with Crippen LogP contribution in [0, 0.1) is 0 Å². The number of nitrogens with two attached hydrogens (primary N) is 2. The molecular formula is C12H16N2O2. The molecular weight excluding hydrogens is 204 g/mol. The van der Waals surface area contributed by atoms with Crippen LogP contribution in [0.15, 0.2) is 48.6 Å². The van der Waals surface area contributed by atoms with E-state index < -0.39 is 11.8 Å². The number of carbonyl (C=O) groups is 2. The van der Waals surface area contributed by atoms with Crippen molar-refractivity contribution in [2.75, 3.05) is 0 Å². The van der Waals surface area contributed by atoms with Gasteiger partial charge in [0.15, 0.2) is 0 Å². The summed E-state index contributed by atoms with van der Waals surface area (Å²) in [5.41, 5.74) is 11.5. The summed E-state index contributed by atoms with van der Waals surface area (Å²) in [7, 11) is 0. The minimum Gasteiger partial charge on any atom is -0.370 e. The van der Waals surface area contributed by atoms with E-state index in [0.717, 1.165) is 0 Å². The van der Waals surface area contributed by atoms with E-state index in [9.17, 15) is 9.59 Å². The summed E-state index contributed by atoms with van der Waals surface area (Å²) < 4.78 is 0. The molecule has 0 aromatic carbocycles. The summed E-state index contributed by atoms with van der Waals surface area (Å²) in [6, 6.07) is 0. The zero-order valence-electron chi connectivity index (χ0n) is 9.21. The number of carbonyl (C=O) groups excluding carboxylic acids is 2. The first-order valence-electron chi connectivity index (χ1n) is 4.61. The molecule has 0 heterocycles. The van der Waals surface area contributed by atoms with Gasteiger partial charge >= 0.3 is 0 Å². The van der Waals surface area contributed by atoms with Gasteiger partial charge in [-0.15, -0.1) is 0 Å². The fraction of sp³-hybridized carbons (Fsp3) is 0.167. The standard InChI is InChI=1S/C12H16N2O2/c1-7(5-6-11(13)15)8(2)9(3)10(4)12(14)16/h1-6H2,(H2,13,15)(H2,14,16). The molecule has 0 radical (unpaired) electrons. The lowest BCUT2D eigenvalue weighted by Crippen LogP contribution is -2.15. The van der Waals surface area contributed by atoms with Crippen molar-refractivity contribution in [3.63, 3.8) is 0 Å². The van der Waals surface area contributed by atoms with Crippen LogP contribution in [-0.2, 0) is 9.59 Å². The second kappa shape index (κ2) is 5.70. The Bertz CT molecular complexity index is 392. The molecule has 0 aromatic heterocycles. The highest BCUT2D eigenvalue weighted by Gasteiger charge is 2.12. The van der Waals surface area contributed by atoms with Crippen LogP contribution in [0.4, 0.5) is 0 Å². The van der Waals surface area contributed by atoms with Crippen molar-refractivity contribution < 1.29 is 9.59 Å². The fourth-order valence-electron chi connectivity index (χ4n) is 0.969.